The van der Waals surface area contributed by atoms with Crippen molar-refractivity contribution in [3.05, 3.63) is 83.9 Å². The quantitative estimate of drug-likeness (QED) is 0.471. The van der Waals surface area contributed by atoms with Gasteiger partial charge in [-0.25, -0.2) is 0 Å². The first-order chi connectivity index (χ1) is 14.2. The Morgan fingerprint density at radius 2 is 1.69 bits per heavy atom. The van der Waals surface area contributed by atoms with E-state index in [0.29, 0.717) is 25.4 Å². The zero-order valence-electron chi connectivity index (χ0n) is 16.7. The second-order valence-electron chi connectivity index (χ2n) is 6.26. The molecule has 0 unspecified atom stereocenters. The van der Waals surface area contributed by atoms with Crippen LogP contribution in [0, 0.1) is 0 Å². The summed E-state index contributed by atoms with van der Waals surface area (Å²) in [5, 5.41) is 3.04. The van der Waals surface area contributed by atoms with Crippen LogP contribution in [-0.2, 0) is 11.3 Å². The molecule has 29 heavy (non-hydrogen) atoms. The molecule has 150 valence electrons. The molecule has 0 atom stereocenters. The van der Waals surface area contributed by atoms with E-state index in [-0.39, 0.29) is 5.91 Å². The third kappa shape index (κ3) is 5.86. The second-order valence-corrected chi connectivity index (χ2v) is 7.37. The Morgan fingerprint density at radius 1 is 0.931 bits per heavy atom. The molecule has 3 aromatic carbocycles. The first kappa shape index (κ1) is 21.0. The minimum Gasteiger partial charge on any atom is -0.494 e. The number of carbonyl (C=O) groups is 1. The third-order valence-corrected chi connectivity index (χ3v) is 5.27. The number of anilines is 1. The van der Waals surface area contributed by atoms with Crippen LogP contribution in [0.5, 0.6) is 5.75 Å². The van der Waals surface area contributed by atoms with Crippen molar-refractivity contribution in [3.63, 3.8) is 0 Å². The highest BCUT2D eigenvalue weighted by Gasteiger charge is 2.13. The number of benzene rings is 3. The van der Waals surface area contributed by atoms with Gasteiger partial charge in [-0.3, -0.25) is 4.79 Å². The fourth-order valence-electron chi connectivity index (χ4n) is 2.81. The van der Waals surface area contributed by atoms with Gasteiger partial charge in [0.15, 0.2) is 0 Å². The topological polar surface area (TPSA) is 47.6 Å². The molecule has 0 aliphatic carbocycles. The van der Waals surface area contributed by atoms with Crippen LogP contribution in [0.4, 0.5) is 5.69 Å². The predicted molar refractivity (Wildman–Crippen MR) is 118 cm³/mol. The number of carbonyl (C=O) groups excluding carboxylic acids is 1. The standard InChI is InChI=1S/C24H25NO3S/c1-3-27-17-19-16-18(14-15-22(19)28-4-2)24(26)25-21-12-8-9-13-23(21)29-20-10-6-5-7-11-20/h5-16H,3-4,17H2,1-2H3,(H,25,26). The maximum absolute atomic E-state index is 12.9. The fourth-order valence-corrected chi connectivity index (χ4v) is 3.73. The Morgan fingerprint density at radius 3 is 2.45 bits per heavy atom. The van der Waals surface area contributed by atoms with E-state index < -0.39 is 0 Å². The van der Waals surface area contributed by atoms with Gasteiger partial charge in [0.2, 0.25) is 0 Å². The predicted octanol–water partition coefficient (Wildman–Crippen LogP) is 6.03. The van der Waals surface area contributed by atoms with Crippen molar-refractivity contribution in [1.29, 1.82) is 0 Å². The van der Waals surface area contributed by atoms with Crippen molar-refractivity contribution >= 4 is 23.4 Å². The minimum absolute atomic E-state index is 0.160. The molecule has 0 aliphatic rings. The Balaban J connectivity index is 1.80. The van der Waals surface area contributed by atoms with Gasteiger partial charge < -0.3 is 14.8 Å². The molecule has 0 fully saturated rings. The van der Waals surface area contributed by atoms with Gasteiger partial charge in [-0.05, 0) is 56.3 Å². The first-order valence-electron chi connectivity index (χ1n) is 9.68. The summed E-state index contributed by atoms with van der Waals surface area (Å²) in [5.41, 5.74) is 2.22. The van der Waals surface area contributed by atoms with E-state index in [0.717, 1.165) is 26.8 Å². The van der Waals surface area contributed by atoms with Crippen LogP contribution in [0.25, 0.3) is 0 Å². The lowest BCUT2D eigenvalue weighted by Gasteiger charge is -2.14. The molecule has 0 aliphatic heterocycles. The van der Waals surface area contributed by atoms with Gasteiger partial charge in [0.25, 0.3) is 5.91 Å². The summed E-state index contributed by atoms with van der Waals surface area (Å²) < 4.78 is 11.2. The third-order valence-electron chi connectivity index (χ3n) is 4.19. The number of amides is 1. The van der Waals surface area contributed by atoms with E-state index >= 15 is 0 Å². The van der Waals surface area contributed by atoms with E-state index in [1.807, 2.05) is 68.4 Å². The average Bonchev–Trinajstić information content (AvgIpc) is 2.75. The van der Waals surface area contributed by atoms with Gasteiger partial charge in [-0.1, -0.05) is 42.1 Å². The highest BCUT2D eigenvalue weighted by molar-refractivity contribution is 7.99. The minimum atomic E-state index is -0.160. The Labute approximate surface area is 176 Å². The summed E-state index contributed by atoms with van der Waals surface area (Å²) in [6.07, 6.45) is 0. The van der Waals surface area contributed by atoms with Crippen molar-refractivity contribution in [2.45, 2.75) is 30.2 Å². The Kier molecular flexibility index (Phi) is 7.73. The van der Waals surface area contributed by atoms with Gasteiger partial charge >= 0.3 is 0 Å². The molecule has 0 spiro atoms. The molecule has 3 rings (SSSR count). The van der Waals surface area contributed by atoms with E-state index in [1.165, 1.54) is 0 Å². The van der Waals surface area contributed by atoms with E-state index in [2.05, 4.69) is 17.4 Å². The molecule has 0 aromatic heterocycles. The summed E-state index contributed by atoms with van der Waals surface area (Å²) in [6.45, 7) is 5.46. The van der Waals surface area contributed by atoms with Gasteiger partial charge in [0, 0.05) is 27.5 Å². The van der Waals surface area contributed by atoms with Crippen LogP contribution in [-0.4, -0.2) is 19.1 Å². The molecular weight excluding hydrogens is 382 g/mol. The number of nitrogens with one attached hydrogen (secondary N) is 1. The highest BCUT2D eigenvalue weighted by Crippen LogP contribution is 2.33. The fraction of sp³-hybridized carbons (Fsp3) is 0.208. The van der Waals surface area contributed by atoms with Crippen molar-refractivity contribution in [2.75, 3.05) is 18.5 Å². The lowest BCUT2D eigenvalue weighted by molar-refractivity contribution is 0.102. The number of para-hydroxylation sites is 1. The molecule has 0 saturated carbocycles. The van der Waals surface area contributed by atoms with Crippen molar-refractivity contribution in [2.24, 2.45) is 0 Å². The molecule has 4 nitrogen and oxygen atoms in total. The number of rotatable bonds is 9. The second kappa shape index (κ2) is 10.7. The summed E-state index contributed by atoms with van der Waals surface area (Å²) in [7, 11) is 0. The van der Waals surface area contributed by atoms with Crippen LogP contribution in [0.1, 0.15) is 29.8 Å². The number of hydrogen-bond acceptors (Lipinski definition) is 4. The SMILES string of the molecule is CCOCc1cc(C(=O)Nc2ccccc2Sc2ccccc2)ccc1OCC. The van der Waals surface area contributed by atoms with Gasteiger partial charge in [-0.2, -0.15) is 0 Å². The molecule has 1 amide bonds. The molecule has 3 aromatic rings. The lowest BCUT2D eigenvalue weighted by atomic mass is 10.1. The van der Waals surface area contributed by atoms with Crippen LogP contribution >= 0.6 is 11.8 Å². The van der Waals surface area contributed by atoms with Crippen molar-refractivity contribution in [1.82, 2.24) is 0 Å². The molecule has 0 radical (unpaired) electrons. The Bertz CT molecular complexity index is 944. The summed E-state index contributed by atoms with van der Waals surface area (Å²) in [6, 6.07) is 23.4. The van der Waals surface area contributed by atoms with Crippen LogP contribution in [0.15, 0.2) is 82.6 Å². The number of hydrogen-bond donors (Lipinski definition) is 1. The van der Waals surface area contributed by atoms with Gasteiger partial charge in [0.05, 0.1) is 18.9 Å². The molecule has 0 heterocycles. The van der Waals surface area contributed by atoms with E-state index in [4.69, 9.17) is 9.47 Å². The average molecular weight is 408 g/mol. The monoisotopic (exact) mass is 407 g/mol. The first-order valence-corrected chi connectivity index (χ1v) is 10.5. The largest absolute Gasteiger partial charge is 0.494 e. The zero-order chi connectivity index (χ0) is 20.5. The summed E-state index contributed by atoms with van der Waals surface area (Å²) in [4.78, 5) is 15.0. The number of ether oxygens (including phenoxy) is 2. The van der Waals surface area contributed by atoms with Crippen LogP contribution in [0.3, 0.4) is 0 Å². The maximum atomic E-state index is 12.9. The molecule has 0 saturated heterocycles. The van der Waals surface area contributed by atoms with Crippen molar-refractivity contribution in [3.8, 4) is 5.75 Å². The smallest absolute Gasteiger partial charge is 0.255 e. The molecule has 1 N–H and O–H groups in total. The van der Waals surface area contributed by atoms with Gasteiger partial charge in [-0.15, -0.1) is 0 Å². The summed E-state index contributed by atoms with van der Waals surface area (Å²) >= 11 is 1.62. The summed E-state index contributed by atoms with van der Waals surface area (Å²) in [5.74, 6) is 0.587. The molecule has 5 heteroatoms. The van der Waals surface area contributed by atoms with Crippen molar-refractivity contribution < 1.29 is 14.3 Å². The Hall–Kier alpha value is -2.76. The zero-order valence-corrected chi connectivity index (χ0v) is 17.5. The van der Waals surface area contributed by atoms with E-state index in [9.17, 15) is 4.79 Å². The molecular formula is C24H25NO3S. The van der Waals surface area contributed by atoms with Gasteiger partial charge in [0.1, 0.15) is 5.75 Å². The lowest BCUT2D eigenvalue weighted by Crippen LogP contribution is -2.13. The maximum Gasteiger partial charge on any atom is 0.255 e. The van der Waals surface area contributed by atoms with E-state index in [1.54, 1.807) is 17.8 Å². The van der Waals surface area contributed by atoms with Crippen LogP contribution in [0.2, 0.25) is 0 Å². The highest BCUT2D eigenvalue weighted by atomic mass is 32.2. The van der Waals surface area contributed by atoms with Crippen LogP contribution < -0.4 is 10.1 Å². The molecule has 0 bridgehead atoms. The normalized spacial score (nSPS) is 10.6.